The third-order valence-electron chi connectivity index (χ3n) is 3.19. The number of thioether (sulfide) groups is 1. The summed E-state index contributed by atoms with van der Waals surface area (Å²) in [6.45, 7) is -0.259. The van der Waals surface area contributed by atoms with Crippen LogP contribution in [-0.2, 0) is 19.1 Å². The van der Waals surface area contributed by atoms with Crippen LogP contribution < -0.4 is 10.6 Å². The van der Waals surface area contributed by atoms with E-state index < -0.39 is 11.9 Å². The number of carbonyl (C=O) groups excluding carboxylic acids is 4. The maximum atomic E-state index is 12.0. The summed E-state index contributed by atoms with van der Waals surface area (Å²) >= 11 is 1.46. The number of rotatable bonds is 6. The second-order valence-electron chi connectivity index (χ2n) is 4.96. The zero-order valence-electron chi connectivity index (χ0n) is 13.0. The molecule has 1 heterocycles. The van der Waals surface area contributed by atoms with Crippen LogP contribution in [0.25, 0.3) is 0 Å². The van der Waals surface area contributed by atoms with Crippen molar-refractivity contribution >= 4 is 41.1 Å². The molecular weight excluding hydrogens is 334 g/mol. The first-order valence-electron chi connectivity index (χ1n) is 7.10. The van der Waals surface area contributed by atoms with Crippen LogP contribution >= 0.6 is 11.8 Å². The van der Waals surface area contributed by atoms with E-state index in [0.29, 0.717) is 22.9 Å². The molecule has 1 aromatic rings. The maximum Gasteiger partial charge on any atom is 0.325 e. The molecule has 0 unspecified atom stereocenters. The van der Waals surface area contributed by atoms with Crippen LogP contribution in [0.5, 0.6) is 0 Å². The van der Waals surface area contributed by atoms with Gasteiger partial charge in [-0.15, -0.1) is 11.8 Å². The minimum absolute atomic E-state index is 0.0232. The Kier molecular flexibility index (Phi) is 6.19. The van der Waals surface area contributed by atoms with Gasteiger partial charge in [0, 0.05) is 11.3 Å². The number of hydrogen-bond donors (Lipinski definition) is 2. The fourth-order valence-electron chi connectivity index (χ4n) is 1.98. The summed E-state index contributed by atoms with van der Waals surface area (Å²) in [5.74, 6) is -0.515. The van der Waals surface area contributed by atoms with Crippen LogP contribution in [0.1, 0.15) is 10.4 Å². The van der Waals surface area contributed by atoms with Crippen LogP contribution in [0.2, 0.25) is 0 Å². The van der Waals surface area contributed by atoms with Crippen molar-refractivity contribution in [2.75, 3.05) is 37.1 Å². The van der Waals surface area contributed by atoms with Gasteiger partial charge in [-0.05, 0) is 18.2 Å². The van der Waals surface area contributed by atoms with Crippen molar-refractivity contribution in [2.24, 2.45) is 0 Å². The van der Waals surface area contributed by atoms with Crippen molar-refractivity contribution in [1.29, 1.82) is 0 Å². The first-order valence-corrected chi connectivity index (χ1v) is 8.25. The van der Waals surface area contributed by atoms with E-state index in [1.807, 2.05) is 0 Å². The Balaban J connectivity index is 1.92. The minimum Gasteiger partial charge on any atom is -0.468 e. The van der Waals surface area contributed by atoms with Crippen molar-refractivity contribution in [3.05, 3.63) is 29.8 Å². The molecule has 1 aliphatic rings. The molecule has 128 valence electrons. The first kappa shape index (κ1) is 17.8. The lowest BCUT2D eigenvalue weighted by atomic mass is 10.2. The third-order valence-corrected chi connectivity index (χ3v) is 4.13. The second kappa shape index (κ2) is 8.34. The molecule has 1 aliphatic heterocycles. The number of amides is 3. The summed E-state index contributed by atoms with van der Waals surface area (Å²) in [5.41, 5.74) is 0.731. The van der Waals surface area contributed by atoms with Crippen molar-refractivity contribution in [3.8, 4) is 0 Å². The Morgan fingerprint density at radius 1 is 1.33 bits per heavy atom. The highest BCUT2D eigenvalue weighted by Crippen LogP contribution is 2.15. The predicted molar refractivity (Wildman–Crippen MR) is 88.5 cm³/mol. The van der Waals surface area contributed by atoms with E-state index in [2.05, 4.69) is 15.4 Å². The highest BCUT2D eigenvalue weighted by Gasteiger charge is 2.22. The number of ether oxygens (including phenoxy) is 1. The second-order valence-corrected chi connectivity index (χ2v) is 5.91. The van der Waals surface area contributed by atoms with Crippen LogP contribution in [0.4, 0.5) is 5.69 Å². The number of esters is 1. The van der Waals surface area contributed by atoms with Gasteiger partial charge in [-0.1, -0.05) is 6.07 Å². The number of nitrogens with zero attached hydrogens (tertiary/aromatic N) is 1. The molecule has 0 bridgehead atoms. The van der Waals surface area contributed by atoms with E-state index in [0.717, 1.165) is 0 Å². The molecule has 2 N–H and O–H groups in total. The van der Waals surface area contributed by atoms with Gasteiger partial charge < -0.3 is 20.3 Å². The average molecular weight is 351 g/mol. The number of carbonyl (C=O) groups is 4. The Morgan fingerprint density at radius 2 is 2.12 bits per heavy atom. The van der Waals surface area contributed by atoms with Gasteiger partial charge in [0.1, 0.15) is 13.1 Å². The van der Waals surface area contributed by atoms with Gasteiger partial charge in [0.15, 0.2) is 0 Å². The first-order chi connectivity index (χ1) is 11.5. The molecule has 3 amide bonds. The number of methoxy groups -OCH3 is 1. The number of hydrogen-bond acceptors (Lipinski definition) is 6. The molecule has 9 heteroatoms. The molecule has 0 radical (unpaired) electrons. The molecule has 0 aromatic heterocycles. The SMILES string of the molecule is COC(=O)CNC(=O)c1cccc(NC(=O)CN2CSCC2=O)c1. The Bertz CT molecular complexity index is 664. The van der Waals surface area contributed by atoms with Crippen molar-refractivity contribution < 1.29 is 23.9 Å². The van der Waals surface area contributed by atoms with E-state index >= 15 is 0 Å². The van der Waals surface area contributed by atoms with E-state index in [9.17, 15) is 19.2 Å². The van der Waals surface area contributed by atoms with Gasteiger partial charge in [-0.3, -0.25) is 19.2 Å². The van der Waals surface area contributed by atoms with E-state index in [-0.39, 0.29) is 24.9 Å². The molecule has 8 nitrogen and oxygen atoms in total. The number of anilines is 1. The molecule has 1 aromatic carbocycles. The topological polar surface area (TPSA) is 105 Å². The fraction of sp³-hybridized carbons (Fsp3) is 0.333. The summed E-state index contributed by atoms with van der Waals surface area (Å²) in [6, 6.07) is 6.29. The summed E-state index contributed by atoms with van der Waals surface area (Å²) < 4.78 is 4.44. The summed E-state index contributed by atoms with van der Waals surface area (Å²) in [4.78, 5) is 47.9. The summed E-state index contributed by atoms with van der Waals surface area (Å²) in [7, 11) is 1.23. The maximum absolute atomic E-state index is 12.0. The molecule has 0 spiro atoms. The van der Waals surface area contributed by atoms with E-state index in [1.165, 1.54) is 29.8 Å². The monoisotopic (exact) mass is 351 g/mol. The summed E-state index contributed by atoms with van der Waals surface area (Å²) in [6.07, 6.45) is 0. The molecule has 0 saturated carbocycles. The lowest BCUT2D eigenvalue weighted by molar-refractivity contribution is -0.139. The van der Waals surface area contributed by atoms with Crippen LogP contribution in [0, 0.1) is 0 Å². The minimum atomic E-state index is -0.555. The van der Waals surface area contributed by atoms with Gasteiger partial charge in [0.05, 0.1) is 18.7 Å². The zero-order chi connectivity index (χ0) is 17.5. The van der Waals surface area contributed by atoms with Crippen LogP contribution in [0.15, 0.2) is 24.3 Å². The number of benzene rings is 1. The lowest BCUT2D eigenvalue weighted by Crippen LogP contribution is -2.34. The van der Waals surface area contributed by atoms with Gasteiger partial charge in [0.2, 0.25) is 11.8 Å². The smallest absolute Gasteiger partial charge is 0.325 e. The molecular formula is C15H17N3O5S. The van der Waals surface area contributed by atoms with Crippen molar-refractivity contribution in [1.82, 2.24) is 10.2 Å². The normalized spacial score (nSPS) is 13.5. The average Bonchev–Trinajstić information content (AvgIpc) is 2.97. The third kappa shape index (κ3) is 4.98. The van der Waals surface area contributed by atoms with Gasteiger partial charge in [-0.25, -0.2) is 0 Å². The molecule has 0 atom stereocenters. The van der Waals surface area contributed by atoms with Crippen molar-refractivity contribution in [3.63, 3.8) is 0 Å². The Hall–Kier alpha value is -2.55. The molecule has 0 aliphatic carbocycles. The number of nitrogens with one attached hydrogen (secondary N) is 2. The highest BCUT2D eigenvalue weighted by atomic mass is 32.2. The predicted octanol–water partition coefficient (Wildman–Crippen LogP) is 0.0608. The molecule has 1 saturated heterocycles. The highest BCUT2D eigenvalue weighted by molar-refractivity contribution is 8.00. The van der Waals surface area contributed by atoms with Gasteiger partial charge >= 0.3 is 5.97 Å². The molecule has 1 fully saturated rings. The van der Waals surface area contributed by atoms with Crippen LogP contribution in [0.3, 0.4) is 0 Å². The Labute approximate surface area is 142 Å². The van der Waals surface area contributed by atoms with Crippen molar-refractivity contribution in [2.45, 2.75) is 0 Å². The fourth-order valence-corrected chi connectivity index (χ4v) is 2.88. The quantitative estimate of drug-likeness (QED) is 0.702. The van der Waals surface area contributed by atoms with E-state index in [4.69, 9.17) is 0 Å². The lowest BCUT2D eigenvalue weighted by Gasteiger charge is -2.14. The van der Waals surface area contributed by atoms with Gasteiger partial charge in [-0.2, -0.15) is 0 Å². The van der Waals surface area contributed by atoms with Crippen LogP contribution in [-0.4, -0.2) is 60.4 Å². The zero-order valence-corrected chi connectivity index (χ0v) is 13.9. The summed E-state index contributed by atoms with van der Waals surface area (Å²) in [5, 5.41) is 5.06. The molecule has 2 rings (SSSR count). The Morgan fingerprint density at radius 3 is 2.79 bits per heavy atom. The van der Waals surface area contributed by atoms with Gasteiger partial charge in [0.25, 0.3) is 5.91 Å². The standard InChI is InChI=1S/C15H17N3O5S/c1-23-14(21)6-16-15(22)10-3-2-4-11(5-10)17-12(19)7-18-9-24-8-13(18)20/h2-5H,6-9H2,1H3,(H,16,22)(H,17,19). The molecule has 24 heavy (non-hydrogen) atoms. The van der Waals surface area contributed by atoms with E-state index in [1.54, 1.807) is 18.2 Å². The largest absolute Gasteiger partial charge is 0.468 e.